The molecule has 1 nitrogen and oxygen atoms in total. The minimum absolute atomic E-state index is 0.712. The minimum atomic E-state index is -2.84. The highest BCUT2D eigenvalue weighted by molar-refractivity contribution is 6.66. The highest BCUT2D eigenvalue weighted by Gasteiger charge is 2.37. The average Bonchev–Trinajstić information content (AvgIpc) is 2.68. The molecule has 25 heavy (non-hydrogen) atoms. The molecule has 0 aliphatic carbocycles. The second-order valence-electron chi connectivity index (χ2n) is 5.54. The molecule has 0 aromatic heterocycles. The van der Waals surface area contributed by atoms with Crippen molar-refractivity contribution in [3.05, 3.63) is 108 Å². The van der Waals surface area contributed by atoms with Crippen LogP contribution in [0.5, 0.6) is 0 Å². The van der Waals surface area contributed by atoms with Crippen molar-refractivity contribution in [3.63, 3.8) is 0 Å². The van der Waals surface area contributed by atoms with Crippen molar-refractivity contribution >= 4 is 16.8 Å². The summed E-state index contributed by atoms with van der Waals surface area (Å²) in [5.41, 5.74) is 1.17. The highest BCUT2D eigenvalue weighted by atomic mass is 35.5. The summed E-state index contributed by atoms with van der Waals surface area (Å²) in [5.74, 6) is 0. The Morgan fingerprint density at radius 2 is 1.00 bits per heavy atom. The van der Waals surface area contributed by atoms with Crippen LogP contribution in [-0.2, 0) is 5.54 Å². The molecule has 0 N–H and O–H groups in total. The Morgan fingerprint density at radius 3 is 1.28 bits per heavy atom. The zero-order chi connectivity index (χ0) is 17.7. The Hall–Kier alpha value is -2.52. The standard InChI is InChI=1S/C21H16ClF2N/c22-19(20(23)24)25-21(16-10-4-1-5-11-16,17-12-6-2-7-13-17)18-14-8-3-9-15-18/h1-15,20H. The summed E-state index contributed by atoms with van der Waals surface area (Å²) in [6.45, 7) is 0. The fourth-order valence-corrected chi connectivity index (χ4v) is 3.07. The molecule has 3 aromatic carbocycles. The third-order valence-corrected chi connectivity index (χ3v) is 4.28. The maximum absolute atomic E-state index is 13.2. The first-order valence-corrected chi connectivity index (χ1v) is 8.22. The Balaban J connectivity index is 2.38. The van der Waals surface area contributed by atoms with Crippen LogP contribution in [0.3, 0.4) is 0 Å². The molecule has 0 saturated heterocycles. The van der Waals surface area contributed by atoms with Crippen molar-refractivity contribution in [1.82, 2.24) is 0 Å². The van der Waals surface area contributed by atoms with Crippen molar-refractivity contribution < 1.29 is 8.78 Å². The topological polar surface area (TPSA) is 12.4 Å². The zero-order valence-corrected chi connectivity index (χ0v) is 14.1. The van der Waals surface area contributed by atoms with E-state index in [0.29, 0.717) is 0 Å². The first kappa shape index (κ1) is 17.3. The number of hydrogen-bond donors (Lipinski definition) is 0. The summed E-state index contributed by atoms with van der Waals surface area (Å²) in [7, 11) is 0. The van der Waals surface area contributed by atoms with Gasteiger partial charge in [-0.15, -0.1) is 0 Å². The molecule has 0 aliphatic heterocycles. The van der Waals surface area contributed by atoms with Crippen molar-refractivity contribution in [3.8, 4) is 0 Å². The lowest BCUT2D eigenvalue weighted by atomic mass is 9.77. The second-order valence-corrected chi connectivity index (χ2v) is 5.93. The lowest BCUT2D eigenvalue weighted by molar-refractivity contribution is 0.228. The van der Waals surface area contributed by atoms with E-state index in [-0.39, 0.29) is 0 Å². The molecule has 0 bridgehead atoms. The van der Waals surface area contributed by atoms with E-state index in [9.17, 15) is 8.78 Å². The van der Waals surface area contributed by atoms with Crippen molar-refractivity contribution in [2.24, 2.45) is 4.99 Å². The minimum Gasteiger partial charge on any atom is -0.251 e. The monoisotopic (exact) mass is 355 g/mol. The van der Waals surface area contributed by atoms with E-state index >= 15 is 0 Å². The molecular weight excluding hydrogens is 340 g/mol. The zero-order valence-electron chi connectivity index (χ0n) is 13.3. The number of benzene rings is 3. The van der Waals surface area contributed by atoms with E-state index in [1.807, 2.05) is 91.0 Å². The maximum atomic E-state index is 13.2. The van der Waals surface area contributed by atoms with Gasteiger partial charge in [-0.1, -0.05) is 103 Å². The third kappa shape index (κ3) is 3.47. The summed E-state index contributed by atoms with van der Waals surface area (Å²) in [6, 6.07) is 28.1. The van der Waals surface area contributed by atoms with Gasteiger partial charge in [-0.3, -0.25) is 4.99 Å². The van der Waals surface area contributed by atoms with Crippen LogP contribution >= 0.6 is 11.6 Å². The van der Waals surface area contributed by atoms with E-state index in [2.05, 4.69) is 4.99 Å². The number of aliphatic imine (C=N–C) groups is 1. The number of alkyl halides is 2. The van der Waals surface area contributed by atoms with Gasteiger partial charge >= 0.3 is 0 Å². The Morgan fingerprint density at radius 1 is 0.680 bits per heavy atom. The molecule has 3 aromatic rings. The van der Waals surface area contributed by atoms with Crippen LogP contribution in [0.15, 0.2) is 96.0 Å². The predicted molar refractivity (Wildman–Crippen MR) is 98.5 cm³/mol. The summed E-state index contributed by atoms with van der Waals surface area (Å²) in [5, 5.41) is -0.712. The smallest absolute Gasteiger partial charge is 0.251 e. The Labute approximate surface area is 150 Å². The Bertz CT molecular complexity index is 737. The van der Waals surface area contributed by atoms with Crippen molar-refractivity contribution in [2.75, 3.05) is 0 Å². The maximum Gasteiger partial charge on any atom is 0.290 e. The van der Waals surface area contributed by atoms with E-state index < -0.39 is 17.1 Å². The lowest BCUT2D eigenvalue weighted by Crippen LogP contribution is -2.29. The molecule has 0 fully saturated rings. The molecular formula is C21H16ClF2N. The predicted octanol–water partition coefficient (Wildman–Crippen LogP) is 5.88. The van der Waals surface area contributed by atoms with Gasteiger partial charge in [0.2, 0.25) is 0 Å². The van der Waals surface area contributed by atoms with Crippen LogP contribution < -0.4 is 0 Å². The van der Waals surface area contributed by atoms with Crippen molar-refractivity contribution in [1.29, 1.82) is 0 Å². The first-order valence-electron chi connectivity index (χ1n) is 7.84. The summed E-state index contributed by atoms with van der Waals surface area (Å²) in [4.78, 5) is 4.35. The summed E-state index contributed by atoms with van der Waals surface area (Å²) < 4.78 is 26.5. The molecule has 0 atom stereocenters. The molecule has 0 radical (unpaired) electrons. The van der Waals surface area contributed by atoms with Crippen LogP contribution in [0.2, 0.25) is 0 Å². The van der Waals surface area contributed by atoms with E-state index in [1.165, 1.54) is 0 Å². The molecule has 3 rings (SSSR count). The summed E-state index contributed by atoms with van der Waals surface area (Å²) in [6.07, 6.45) is -2.84. The number of nitrogens with zero attached hydrogens (tertiary/aromatic N) is 1. The quantitative estimate of drug-likeness (QED) is 0.400. The largest absolute Gasteiger partial charge is 0.290 e. The van der Waals surface area contributed by atoms with E-state index in [1.54, 1.807) is 0 Å². The van der Waals surface area contributed by atoms with E-state index in [4.69, 9.17) is 11.6 Å². The van der Waals surface area contributed by atoms with Gasteiger partial charge in [0.05, 0.1) is 0 Å². The van der Waals surface area contributed by atoms with Gasteiger partial charge in [-0.25, -0.2) is 8.78 Å². The van der Waals surface area contributed by atoms with Gasteiger partial charge in [-0.2, -0.15) is 0 Å². The molecule has 0 spiro atoms. The number of hydrogen-bond acceptors (Lipinski definition) is 1. The van der Waals surface area contributed by atoms with Crippen molar-refractivity contribution in [2.45, 2.75) is 12.0 Å². The molecule has 4 heteroatoms. The van der Waals surface area contributed by atoms with Crippen LogP contribution in [0.4, 0.5) is 8.78 Å². The fourth-order valence-electron chi connectivity index (χ4n) is 2.94. The normalized spacial score (nSPS) is 12.4. The number of rotatable bonds is 5. The lowest BCUT2D eigenvalue weighted by Gasteiger charge is -2.32. The Kier molecular flexibility index (Phi) is 5.25. The number of halogens is 3. The molecule has 0 heterocycles. The fraction of sp³-hybridized carbons (Fsp3) is 0.0952. The van der Waals surface area contributed by atoms with Crippen LogP contribution in [-0.4, -0.2) is 11.6 Å². The van der Waals surface area contributed by atoms with E-state index in [0.717, 1.165) is 16.7 Å². The molecule has 0 unspecified atom stereocenters. The third-order valence-electron chi connectivity index (χ3n) is 4.03. The van der Waals surface area contributed by atoms with Gasteiger partial charge in [0.1, 0.15) is 5.54 Å². The van der Waals surface area contributed by atoms with Gasteiger partial charge in [0.15, 0.2) is 5.17 Å². The van der Waals surface area contributed by atoms with Crippen LogP contribution in [0.25, 0.3) is 0 Å². The van der Waals surface area contributed by atoms with Crippen LogP contribution in [0.1, 0.15) is 16.7 Å². The molecule has 0 aliphatic rings. The SMILES string of the molecule is FC(F)C(Cl)=NC(c1ccccc1)(c1ccccc1)c1ccccc1. The highest BCUT2D eigenvalue weighted by Crippen LogP contribution is 2.41. The first-order chi connectivity index (χ1) is 12.1. The van der Waals surface area contributed by atoms with Crippen LogP contribution in [0, 0.1) is 0 Å². The average molecular weight is 356 g/mol. The van der Waals surface area contributed by atoms with Gasteiger partial charge in [-0.05, 0) is 16.7 Å². The van der Waals surface area contributed by atoms with Gasteiger partial charge in [0, 0.05) is 0 Å². The summed E-state index contributed by atoms with van der Waals surface area (Å²) >= 11 is 5.85. The second kappa shape index (κ2) is 7.58. The van der Waals surface area contributed by atoms with Gasteiger partial charge in [0.25, 0.3) is 6.43 Å². The van der Waals surface area contributed by atoms with Gasteiger partial charge < -0.3 is 0 Å². The molecule has 126 valence electrons. The molecule has 0 amide bonds. The molecule has 0 saturated carbocycles.